The van der Waals surface area contributed by atoms with Gasteiger partial charge in [0.2, 0.25) is 11.7 Å². The van der Waals surface area contributed by atoms with Gasteiger partial charge in [-0.2, -0.15) is 14.8 Å². The van der Waals surface area contributed by atoms with E-state index in [4.69, 9.17) is 16.1 Å². The maximum absolute atomic E-state index is 13.1. The van der Waals surface area contributed by atoms with Crippen LogP contribution in [0, 0.1) is 5.82 Å². The lowest BCUT2D eigenvalue weighted by molar-refractivity contribution is 0.0946. The predicted octanol–water partition coefficient (Wildman–Crippen LogP) is 3.05. The van der Waals surface area contributed by atoms with E-state index in [9.17, 15) is 14.0 Å². The fourth-order valence-corrected chi connectivity index (χ4v) is 2.87. The van der Waals surface area contributed by atoms with E-state index in [0.717, 1.165) is 10.2 Å². The van der Waals surface area contributed by atoms with Crippen LogP contribution < -0.4 is 10.9 Å². The summed E-state index contributed by atoms with van der Waals surface area (Å²) in [7, 11) is 0. The Kier molecular flexibility index (Phi) is 5.85. The number of carbonyl (C=O) groups excluding carboxylic acids is 1. The number of nitrogens with one attached hydrogen (secondary N) is 1. The molecule has 2 aromatic heterocycles. The third-order valence-corrected chi connectivity index (χ3v) is 4.55. The highest BCUT2D eigenvalue weighted by Crippen LogP contribution is 2.18. The molecular weight excluding hydrogens is 425 g/mol. The molecule has 0 fully saturated rings. The van der Waals surface area contributed by atoms with Crippen molar-refractivity contribution in [2.45, 2.75) is 6.42 Å². The Morgan fingerprint density at radius 1 is 1.06 bits per heavy atom. The van der Waals surface area contributed by atoms with Gasteiger partial charge in [0.25, 0.3) is 11.5 Å². The van der Waals surface area contributed by atoms with Crippen LogP contribution in [-0.4, -0.2) is 32.4 Å². The average molecular weight is 440 g/mol. The van der Waals surface area contributed by atoms with Gasteiger partial charge < -0.3 is 9.84 Å². The quantitative estimate of drug-likeness (QED) is 0.495. The number of rotatable bonds is 6. The monoisotopic (exact) mass is 439 g/mol. The van der Waals surface area contributed by atoms with Crippen LogP contribution in [0.5, 0.6) is 0 Å². The predicted molar refractivity (Wildman–Crippen MR) is 111 cm³/mol. The molecule has 0 radical (unpaired) electrons. The van der Waals surface area contributed by atoms with Crippen LogP contribution in [0.15, 0.2) is 70.0 Å². The maximum atomic E-state index is 13.1. The van der Waals surface area contributed by atoms with E-state index < -0.39 is 17.3 Å². The van der Waals surface area contributed by atoms with Crippen LogP contribution in [0.3, 0.4) is 0 Å². The SMILES string of the molecule is O=C(NCCc1nc(-c2ccc(Cl)cc2)no1)c1ccc(=O)n(-c2ccc(F)cc2)n1. The van der Waals surface area contributed by atoms with Crippen molar-refractivity contribution in [1.82, 2.24) is 25.2 Å². The molecule has 10 heteroatoms. The molecule has 0 atom stereocenters. The lowest BCUT2D eigenvalue weighted by Crippen LogP contribution is -2.30. The zero-order valence-corrected chi connectivity index (χ0v) is 16.7. The minimum Gasteiger partial charge on any atom is -0.350 e. The van der Waals surface area contributed by atoms with Crippen LogP contribution >= 0.6 is 11.6 Å². The molecule has 0 aliphatic heterocycles. The summed E-state index contributed by atoms with van der Waals surface area (Å²) >= 11 is 5.87. The van der Waals surface area contributed by atoms with Crippen molar-refractivity contribution in [3.8, 4) is 17.1 Å². The fraction of sp³-hybridized carbons (Fsp3) is 0.0952. The first-order valence-electron chi connectivity index (χ1n) is 9.23. The summed E-state index contributed by atoms with van der Waals surface area (Å²) in [5.41, 5.74) is 0.706. The van der Waals surface area contributed by atoms with Gasteiger partial charge in [-0.15, -0.1) is 0 Å². The highest BCUT2D eigenvalue weighted by molar-refractivity contribution is 6.30. The molecule has 31 heavy (non-hydrogen) atoms. The Labute approximate surface area is 180 Å². The van der Waals surface area contributed by atoms with Crippen molar-refractivity contribution in [1.29, 1.82) is 0 Å². The standard InChI is InChI=1S/C21H15ClFN5O3/c22-14-3-1-13(2-4-14)20-25-18(31-27-20)11-12-24-21(30)17-9-10-19(29)28(26-17)16-7-5-15(23)6-8-16/h1-10H,11-12H2,(H,24,30). The van der Waals surface area contributed by atoms with E-state index in [1.165, 1.54) is 36.4 Å². The molecule has 2 aromatic carbocycles. The molecule has 4 rings (SSSR count). The van der Waals surface area contributed by atoms with Gasteiger partial charge in [-0.25, -0.2) is 4.39 Å². The second kappa shape index (κ2) is 8.88. The number of hydrogen-bond donors (Lipinski definition) is 1. The fourth-order valence-electron chi connectivity index (χ4n) is 2.75. The largest absolute Gasteiger partial charge is 0.350 e. The summed E-state index contributed by atoms with van der Waals surface area (Å²) in [6.45, 7) is 0.221. The first-order valence-corrected chi connectivity index (χ1v) is 9.60. The van der Waals surface area contributed by atoms with Crippen molar-refractivity contribution in [2.24, 2.45) is 0 Å². The average Bonchev–Trinajstić information content (AvgIpc) is 3.24. The summed E-state index contributed by atoms with van der Waals surface area (Å²) in [6, 6.07) is 14.8. The third kappa shape index (κ3) is 4.84. The van der Waals surface area contributed by atoms with E-state index in [-0.39, 0.29) is 12.2 Å². The third-order valence-electron chi connectivity index (χ3n) is 4.30. The van der Waals surface area contributed by atoms with Gasteiger partial charge in [-0.05, 0) is 54.6 Å². The number of amides is 1. The topological polar surface area (TPSA) is 103 Å². The van der Waals surface area contributed by atoms with Crippen LogP contribution in [-0.2, 0) is 6.42 Å². The number of benzene rings is 2. The normalized spacial score (nSPS) is 10.8. The lowest BCUT2D eigenvalue weighted by Gasteiger charge is -2.07. The van der Waals surface area contributed by atoms with Crippen molar-refractivity contribution in [3.63, 3.8) is 0 Å². The summed E-state index contributed by atoms with van der Waals surface area (Å²) < 4.78 is 19.3. The van der Waals surface area contributed by atoms with Crippen LogP contribution in [0.1, 0.15) is 16.4 Å². The first kappa shape index (κ1) is 20.4. The Morgan fingerprint density at radius 2 is 1.81 bits per heavy atom. The van der Waals surface area contributed by atoms with Gasteiger partial charge in [0, 0.05) is 29.6 Å². The van der Waals surface area contributed by atoms with Crippen molar-refractivity contribution in [2.75, 3.05) is 6.54 Å². The number of nitrogens with zero attached hydrogens (tertiary/aromatic N) is 4. The summed E-state index contributed by atoms with van der Waals surface area (Å²) in [5, 5.41) is 11.3. The molecule has 1 N–H and O–H groups in total. The Hall–Kier alpha value is -3.85. The van der Waals surface area contributed by atoms with Crippen LogP contribution in [0.4, 0.5) is 4.39 Å². The van der Waals surface area contributed by atoms with Crippen molar-refractivity contribution in [3.05, 3.63) is 93.4 Å². The molecule has 0 saturated heterocycles. The van der Waals surface area contributed by atoms with Crippen LogP contribution in [0.25, 0.3) is 17.1 Å². The summed E-state index contributed by atoms with van der Waals surface area (Å²) in [5.74, 6) is -0.139. The molecule has 0 spiro atoms. The molecular formula is C21H15ClFN5O3. The van der Waals surface area contributed by atoms with E-state index >= 15 is 0 Å². The maximum Gasteiger partial charge on any atom is 0.271 e. The molecule has 156 valence electrons. The van der Waals surface area contributed by atoms with Crippen molar-refractivity contribution < 1.29 is 13.7 Å². The molecule has 0 saturated carbocycles. The van der Waals surface area contributed by atoms with E-state index in [1.807, 2.05) is 0 Å². The van der Waals surface area contributed by atoms with Gasteiger partial charge in [0.1, 0.15) is 11.5 Å². The summed E-state index contributed by atoms with van der Waals surface area (Å²) in [6.07, 6.45) is 0.309. The number of aromatic nitrogens is 4. The van der Waals surface area contributed by atoms with Gasteiger partial charge in [0.05, 0.1) is 5.69 Å². The smallest absolute Gasteiger partial charge is 0.271 e. The second-order valence-corrected chi connectivity index (χ2v) is 6.91. The van der Waals surface area contributed by atoms with Crippen LogP contribution in [0.2, 0.25) is 5.02 Å². The number of hydrogen-bond acceptors (Lipinski definition) is 6. The molecule has 0 bridgehead atoms. The van der Waals surface area contributed by atoms with Crippen molar-refractivity contribution >= 4 is 17.5 Å². The summed E-state index contributed by atoms with van der Waals surface area (Å²) in [4.78, 5) is 28.8. The molecule has 0 aliphatic rings. The highest BCUT2D eigenvalue weighted by atomic mass is 35.5. The Bertz CT molecular complexity index is 1270. The second-order valence-electron chi connectivity index (χ2n) is 6.47. The van der Waals surface area contributed by atoms with E-state index in [1.54, 1.807) is 24.3 Å². The first-order chi connectivity index (χ1) is 15.0. The zero-order valence-electron chi connectivity index (χ0n) is 16.0. The Morgan fingerprint density at radius 3 is 2.55 bits per heavy atom. The van der Waals surface area contributed by atoms with Gasteiger partial charge in [-0.3, -0.25) is 9.59 Å². The minimum atomic E-state index is -0.478. The molecule has 0 aliphatic carbocycles. The molecule has 2 heterocycles. The van der Waals surface area contributed by atoms with E-state index in [2.05, 4.69) is 20.6 Å². The van der Waals surface area contributed by atoms with Gasteiger partial charge in [-0.1, -0.05) is 16.8 Å². The lowest BCUT2D eigenvalue weighted by atomic mass is 10.2. The zero-order chi connectivity index (χ0) is 21.8. The molecule has 1 amide bonds. The van der Waals surface area contributed by atoms with E-state index in [0.29, 0.717) is 28.8 Å². The number of halogens is 2. The molecule has 8 nitrogen and oxygen atoms in total. The highest BCUT2D eigenvalue weighted by Gasteiger charge is 2.12. The van der Waals surface area contributed by atoms with Gasteiger partial charge >= 0.3 is 0 Å². The molecule has 0 unspecified atom stereocenters. The minimum absolute atomic E-state index is 0.0382. The molecule has 4 aromatic rings. The van der Waals surface area contributed by atoms with Gasteiger partial charge in [0.15, 0.2) is 0 Å². The Balaban J connectivity index is 1.39. The number of carbonyl (C=O) groups is 1.